The van der Waals surface area contributed by atoms with E-state index in [1.165, 1.54) is 11.8 Å². The summed E-state index contributed by atoms with van der Waals surface area (Å²) in [5.74, 6) is -0.118. The average molecular weight is 421 g/mol. The third kappa shape index (κ3) is 4.08. The molecule has 1 aliphatic heterocycles. The van der Waals surface area contributed by atoms with E-state index in [-0.39, 0.29) is 30.7 Å². The Balaban J connectivity index is 1.59. The van der Waals surface area contributed by atoms with Crippen molar-refractivity contribution in [2.75, 3.05) is 23.4 Å². The average Bonchev–Trinajstić information content (AvgIpc) is 3.16. The molecule has 30 heavy (non-hydrogen) atoms. The summed E-state index contributed by atoms with van der Waals surface area (Å²) in [6.45, 7) is 3.13. The molecule has 1 aliphatic rings. The summed E-state index contributed by atoms with van der Waals surface area (Å²) in [5, 5.41) is 5.56. The Morgan fingerprint density at radius 3 is 2.63 bits per heavy atom. The second kappa shape index (κ2) is 8.08. The minimum absolute atomic E-state index is 0.103. The molecule has 0 saturated heterocycles. The lowest BCUT2D eigenvalue weighted by molar-refractivity contribution is -0.121. The van der Waals surface area contributed by atoms with E-state index in [1.54, 1.807) is 41.7 Å². The van der Waals surface area contributed by atoms with Gasteiger partial charge in [-0.2, -0.15) is 0 Å². The molecule has 2 amide bonds. The lowest BCUT2D eigenvalue weighted by atomic mass is 10.1. The van der Waals surface area contributed by atoms with Crippen LogP contribution in [0.3, 0.4) is 0 Å². The van der Waals surface area contributed by atoms with Crippen LogP contribution in [0.2, 0.25) is 0 Å². The van der Waals surface area contributed by atoms with Crippen molar-refractivity contribution < 1.29 is 19.1 Å². The van der Waals surface area contributed by atoms with Crippen molar-refractivity contribution in [3.05, 3.63) is 58.4 Å². The van der Waals surface area contributed by atoms with Crippen LogP contribution in [0.25, 0.3) is 11.3 Å². The Kier molecular flexibility index (Phi) is 5.33. The molecule has 3 aromatic rings. The Bertz CT molecular complexity index is 1140. The normalized spacial score (nSPS) is 12.9. The van der Waals surface area contributed by atoms with Gasteiger partial charge >= 0.3 is 0 Å². The van der Waals surface area contributed by atoms with Gasteiger partial charge in [-0.25, -0.2) is 4.98 Å². The highest BCUT2D eigenvalue weighted by Gasteiger charge is 2.28. The van der Waals surface area contributed by atoms with Crippen LogP contribution in [0.1, 0.15) is 22.3 Å². The minimum atomic E-state index is -0.280. The van der Waals surface area contributed by atoms with Gasteiger partial charge < -0.3 is 10.1 Å². The van der Waals surface area contributed by atoms with E-state index in [4.69, 9.17) is 4.74 Å². The quantitative estimate of drug-likeness (QED) is 0.635. The maximum Gasteiger partial charge on any atom is 0.265 e. The molecule has 0 bridgehead atoms. The molecule has 2 aromatic carbocycles. The Hall–Kier alpha value is -3.52. The summed E-state index contributed by atoms with van der Waals surface area (Å²) in [6, 6.07) is 12.1. The van der Waals surface area contributed by atoms with Crippen molar-refractivity contribution in [3.63, 3.8) is 0 Å². The van der Waals surface area contributed by atoms with Crippen molar-refractivity contribution in [3.8, 4) is 17.0 Å². The van der Waals surface area contributed by atoms with Gasteiger partial charge in [0.1, 0.15) is 5.75 Å². The van der Waals surface area contributed by atoms with Gasteiger partial charge in [0, 0.05) is 29.1 Å². The van der Waals surface area contributed by atoms with Crippen LogP contribution in [0.15, 0.2) is 47.8 Å². The molecule has 0 saturated carbocycles. The molecule has 2 heterocycles. The molecule has 0 spiro atoms. The molecule has 1 N–H and O–H groups in total. The Morgan fingerprint density at radius 1 is 1.20 bits per heavy atom. The lowest BCUT2D eigenvalue weighted by Crippen LogP contribution is -2.42. The largest absolute Gasteiger partial charge is 0.482 e. The highest BCUT2D eigenvalue weighted by Crippen LogP contribution is 2.36. The Morgan fingerprint density at radius 2 is 1.97 bits per heavy atom. The van der Waals surface area contributed by atoms with Crippen molar-refractivity contribution in [1.82, 2.24) is 4.98 Å². The number of hydrogen-bond acceptors (Lipinski definition) is 6. The third-order valence-electron chi connectivity index (χ3n) is 4.65. The van der Waals surface area contributed by atoms with Gasteiger partial charge in [0.25, 0.3) is 5.91 Å². The number of nitrogens with zero attached hydrogens (tertiary/aromatic N) is 2. The van der Waals surface area contributed by atoms with Gasteiger partial charge in [0.2, 0.25) is 5.91 Å². The van der Waals surface area contributed by atoms with E-state index in [1.807, 2.05) is 24.4 Å². The first kappa shape index (κ1) is 19.8. The number of aromatic nitrogens is 1. The van der Waals surface area contributed by atoms with E-state index >= 15 is 0 Å². The smallest absolute Gasteiger partial charge is 0.265 e. The first-order valence-corrected chi connectivity index (χ1v) is 10.2. The van der Waals surface area contributed by atoms with Crippen molar-refractivity contribution >= 4 is 40.3 Å². The molecular formula is C22H19N3O4S. The van der Waals surface area contributed by atoms with Crippen molar-refractivity contribution in [2.24, 2.45) is 0 Å². The molecule has 0 fully saturated rings. The number of carbonyl (C=O) groups is 3. The lowest BCUT2D eigenvalue weighted by Gasteiger charge is -2.29. The van der Waals surface area contributed by atoms with Crippen LogP contribution in [-0.4, -0.2) is 35.7 Å². The number of ether oxygens (including phenoxy) is 1. The van der Waals surface area contributed by atoms with E-state index in [9.17, 15) is 14.4 Å². The SMILES string of the molecule is CC(=O)Nc1ccc(C(=O)CN2C(=O)COc3ccc(-c4csc(C)n4)cc32)cc1. The standard InChI is InChI=1S/C22H19N3O4S/c1-13(26)23-17-6-3-15(4-7-17)20(27)10-25-19-9-16(18-12-30-14(2)24-18)5-8-21(19)29-11-22(25)28/h3-9,12H,10-11H2,1-2H3,(H,23,26). The maximum atomic E-state index is 12.8. The summed E-state index contributed by atoms with van der Waals surface area (Å²) >= 11 is 1.55. The van der Waals surface area contributed by atoms with E-state index < -0.39 is 0 Å². The number of ketones is 1. The number of amides is 2. The molecular weight excluding hydrogens is 402 g/mol. The molecule has 0 atom stereocenters. The van der Waals surface area contributed by atoms with E-state index in [2.05, 4.69) is 10.3 Å². The number of aryl methyl sites for hydroxylation is 1. The predicted octanol–water partition coefficient (Wildman–Crippen LogP) is 3.69. The number of anilines is 2. The van der Waals surface area contributed by atoms with Crippen LogP contribution in [0.5, 0.6) is 5.75 Å². The van der Waals surface area contributed by atoms with Crippen molar-refractivity contribution in [1.29, 1.82) is 0 Å². The topological polar surface area (TPSA) is 88.6 Å². The number of benzene rings is 2. The second-order valence-corrected chi connectivity index (χ2v) is 7.95. The zero-order chi connectivity index (χ0) is 21.3. The number of thiazole rings is 1. The summed E-state index contributed by atoms with van der Waals surface area (Å²) < 4.78 is 5.54. The molecule has 1 aromatic heterocycles. The van der Waals surface area contributed by atoms with Crippen LogP contribution >= 0.6 is 11.3 Å². The zero-order valence-corrected chi connectivity index (χ0v) is 17.3. The Labute approximate surface area is 177 Å². The monoisotopic (exact) mass is 421 g/mol. The van der Waals surface area contributed by atoms with Gasteiger partial charge in [0.15, 0.2) is 12.4 Å². The molecule has 0 radical (unpaired) electrons. The fraction of sp³-hybridized carbons (Fsp3) is 0.182. The van der Waals surface area contributed by atoms with Gasteiger partial charge in [0.05, 0.1) is 22.9 Å². The third-order valence-corrected chi connectivity index (χ3v) is 5.42. The minimum Gasteiger partial charge on any atom is -0.482 e. The van der Waals surface area contributed by atoms with Crippen LogP contribution in [0, 0.1) is 6.92 Å². The van der Waals surface area contributed by atoms with Gasteiger partial charge in [-0.05, 0) is 49.4 Å². The van der Waals surface area contributed by atoms with Gasteiger partial charge in [-0.15, -0.1) is 11.3 Å². The molecule has 7 nitrogen and oxygen atoms in total. The number of Topliss-reactive ketones (excluding diaryl/α,β-unsaturated/α-hetero) is 1. The van der Waals surface area contributed by atoms with Crippen LogP contribution < -0.4 is 15.0 Å². The van der Waals surface area contributed by atoms with Gasteiger partial charge in [-0.3, -0.25) is 19.3 Å². The van der Waals surface area contributed by atoms with Crippen LogP contribution in [0.4, 0.5) is 11.4 Å². The number of rotatable bonds is 5. The molecule has 8 heteroatoms. The van der Waals surface area contributed by atoms with E-state index in [0.29, 0.717) is 22.7 Å². The highest BCUT2D eigenvalue weighted by atomic mass is 32.1. The summed E-state index contributed by atoms with van der Waals surface area (Å²) in [5.41, 5.74) is 3.29. The molecule has 152 valence electrons. The number of carbonyl (C=O) groups excluding carboxylic acids is 3. The first-order chi connectivity index (χ1) is 14.4. The first-order valence-electron chi connectivity index (χ1n) is 9.31. The highest BCUT2D eigenvalue weighted by molar-refractivity contribution is 7.09. The number of fused-ring (bicyclic) bond motifs is 1. The van der Waals surface area contributed by atoms with E-state index in [0.717, 1.165) is 16.3 Å². The van der Waals surface area contributed by atoms with Crippen LogP contribution in [-0.2, 0) is 9.59 Å². The number of nitrogens with one attached hydrogen (secondary N) is 1. The number of hydrogen-bond donors (Lipinski definition) is 1. The zero-order valence-electron chi connectivity index (χ0n) is 16.5. The summed E-state index contributed by atoms with van der Waals surface area (Å²) in [6.07, 6.45) is 0. The summed E-state index contributed by atoms with van der Waals surface area (Å²) in [7, 11) is 0. The van der Waals surface area contributed by atoms with Gasteiger partial charge in [-0.1, -0.05) is 0 Å². The fourth-order valence-electron chi connectivity index (χ4n) is 3.21. The maximum absolute atomic E-state index is 12.8. The van der Waals surface area contributed by atoms with Crippen molar-refractivity contribution in [2.45, 2.75) is 13.8 Å². The summed E-state index contributed by atoms with van der Waals surface area (Å²) in [4.78, 5) is 42.4. The molecule has 0 unspecified atom stereocenters. The second-order valence-electron chi connectivity index (χ2n) is 6.88. The fourth-order valence-corrected chi connectivity index (χ4v) is 3.83. The molecule has 4 rings (SSSR count). The predicted molar refractivity (Wildman–Crippen MR) is 115 cm³/mol. The molecule has 0 aliphatic carbocycles.